The maximum absolute atomic E-state index is 12.9. The summed E-state index contributed by atoms with van der Waals surface area (Å²) < 4.78 is 0. The van der Waals surface area contributed by atoms with E-state index in [2.05, 4.69) is 0 Å². The predicted molar refractivity (Wildman–Crippen MR) is 91.0 cm³/mol. The average molecular weight is 334 g/mol. The van der Waals surface area contributed by atoms with Crippen LogP contribution in [0.4, 0.5) is 0 Å². The van der Waals surface area contributed by atoms with E-state index in [1.165, 1.54) is 0 Å². The van der Waals surface area contributed by atoms with Crippen molar-refractivity contribution >= 4 is 28.3 Å². The molecule has 3 rings (SSSR count). The van der Waals surface area contributed by atoms with Crippen LogP contribution in [0, 0.1) is 0 Å². The maximum atomic E-state index is 12.9. The number of hydrogen-bond donors (Lipinski definition) is 2. The molecule has 1 atom stereocenters. The number of carbonyl (C=O) groups excluding carboxylic acids is 1. The van der Waals surface area contributed by atoms with Gasteiger partial charge in [0.2, 0.25) is 0 Å². The molecule has 1 heterocycles. The molecular formula is C18H20ClNO3. The van der Waals surface area contributed by atoms with Crippen molar-refractivity contribution in [2.24, 2.45) is 0 Å². The molecule has 4 nitrogen and oxygen atoms in total. The molecule has 0 spiro atoms. The lowest BCUT2D eigenvalue weighted by atomic mass is 10.0. The van der Waals surface area contributed by atoms with Crippen molar-refractivity contribution in [3.05, 3.63) is 40.9 Å². The molecule has 1 saturated heterocycles. The van der Waals surface area contributed by atoms with Crippen LogP contribution in [0.15, 0.2) is 30.3 Å². The normalized spacial score (nSPS) is 17.8. The molecule has 2 N–H and O–H groups in total. The smallest absolute Gasteiger partial charge is 0.257 e. The van der Waals surface area contributed by atoms with Crippen LogP contribution in [0.25, 0.3) is 10.8 Å². The Morgan fingerprint density at radius 2 is 2.04 bits per heavy atom. The Hall–Kier alpha value is -1.78. The molecule has 1 amide bonds. The molecule has 0 bridgehead atoms. The second-order valence-corrected chi connectivity index (χ2v) is 6.37. The van der Waals surface area contributed by atoms with Crippen molar-refractivity contribution in [1.82, 2.24) is 4.90 Å². The molecule has 0 aliphatic carbocycles. The first-order valence-corrected chi connectivity index (χ1v) is 8.33. The predicted octanol–water partition coefficient (Wildman–Crippen LogP) is 3.58. The first kappa shape index (κ1) is 16.1. The van der Waals surface area contributed by atoms with E-state index in [1.54, 1.807) is 17.0 Å². The summed E-state index contributed by atoms with van der Waals surface area (Å²) in [4.78, 5) is 14.7. The Labute approximate surface area is 140 Å². The third kappa shape index (κ3) is 3.01. The van der Waals surface area contributed by atoms with Crippen molar-refractivity contribution in [2.45, 2.75) is 31.7 Å². The van der Waals surface area contributed by atoms with Gasteiger partial charge in [-0.1, -0.05) is 35.9 Å². The van der Waals surface area contributed by atoms with E-state index in [-0.39, 0.29) is 29.9 Å². The largest absolute Gasteiger partial charge is 0.506 e. The first-order chi connectivity index (χ1) is 11.1. The first-order valence-electron chi connectivity index (χ1n) is 7.95. The Kier molecular flexibility index (Phi) is 4.74. The van der Waals surface area contributed by atoms with E-state index < -0.39 is 0 Å². The van der Waals surface area contributed by atoms with E-state index >= 15 is 0 Å². The molecule has 1 aliphatic rings. The molecule has 122 valence electrons. The number of likely N-dealkylation sites (tertiary alicyclic amines) is 1. The molecule has 1 aliphatic heterocycles. The fourth-order valence-electron chi connectivity index (χ4n) is 3.36. The second-order valence-electron chi connectivity index (χ2n) is 5.96. The average Bonchev–Trinajstić information content (AvgIpc) is 3.04. The number of aromatic hydroxyl groups is 1. The van der Waals surface area contributed by atoms with E-state index in [0.717, 1.165) is 24.6 Å². The Balaban J connectivity index is 1.96. The summed E-state index contributed by atoms with van der Waals surface area (Å²) in [7, 11) is 0. The minimum atomic E-state index is -0.185. The van der Waals surface area contributed by atoms with Crippen molar-refractivity contribution in [2.75, 3.05) is 13.2 Å². The van der Waals surface area contributed by atoms with Crippen LogP contribution in [0.3, 0.4) is 0 Å². The van der Waals surface area contributed by atoms with Crippen molar-refractivity contribution in [1.29, 1.82) is 0 Å². The molecule has 0 saturated carbocycles. The lowest BCUT2D eigenvalue weighted by Crippen LogP contribution is -2.35. The molecule has 2 aromatic rings. The summed E-state index contributed by atoms with van der Waals surface area (Å²) >= 11 is 6.29. The highest BCUT2D eigenvalue weighted by molar-refractivity contribution is 6.36. The van der Waals surface area contributed by atoms with Gasteiger partial charge in [0.25, 0.3) is 5.91 Å². The standard InChI is InChI=1S/C18H20ClNO3/c19-16-11-15(17(22)14-8-2-1-7-13(14)16)18(23)20-9-3-5-12(20)6-4-10-21/h1-2,7-8,11-12,21-22H,3-6,9-10H2. The van der Waals surface area contributed by atoms with Gasteiger partial charge in [-0.25, -0.2) is 0 Å². The third-order valence-electron chi connectivity index (χ3n) is 4.53. The number of aliphatic hydroxyl groups excluding tert-OH is 1. The SMILES string of the molecule is O=C(c1cc(Cl)c2ccccc2c1O)N1CCCC1CCCO. The highest BCUT2D eigenvalue weighted by Crippen LogP contribution is 2.36. The van der Waals surface area contributed by atoms with E-state index in [9.17, 15) is 9.90 Å². The van der Waals surface area contributed by atoms with Gasteiger partial charge >= 0.3 is 0 Å². The summed E-state index contributed by atoms with van der Waals surface area (Å²) in [6, 6.07) is 8.93. The van der Waals surface area contributed by atoms with Gasteiger partial charge in [0.05, 0.1) is 5.56 Å². The van der Waals surface area contributed by atoms with E-state index in [4.69, 9.17) is 16.7 Å². The number of benzene rings is 2. The number of hydrogen-bond acceptors (Lipinski definition) is 3. The lowest BCUT2D eigenvalue weighted by molar-refractivity contribution is 0.0721. The summed E-state index contributed by atoms with van der Waals surface area (Å²) in [5, 5.41) is 21.3. The van der Waals surface area contributed by atoms with Crippen LogP contribution >= 0.6 is 11.6 Å². The molecule has 1 unspecified atom stereocenters. The summed E-state index contributed by atoms with van der Waals surface area (Å²) in [6.45, 7) is 0.810. The quantitative estimate of drug-likeness (QED) is 0.899. The number of aliphatic hydroxyl groups is 1. The van der Waals surface area contributed by atoms with Crippen LogP contribution in [-0.4, -0.2) is 40.2 Å². The van der Waals surface area contributed by atoms with Gasteiger partial charge in [-0.2, -0.15) is 0 Å². The van der Waals surface area contributed by atoms with Gasteiger partial charge in [-0.3, -0.25) is 4.79 Å². The highest BCUT2D eigenvalue weighted by Gasteiger charge is 2.31. The number of amides is 1. The number of rotatable bonds is 4. The Bertz CT molecular complexity index is 732. The molecule has 2 aromatic carbocycles. The number of phenols is 1. The minimum Gasteiger partial charge on any atom is -0.506 e. The zero-order valence-electron chi connectivity index (χ0n) is 12.8. The van der Waals surface area contributed by atoms with Crippen LogP contribution in [0.2, 0.25) is 5.02 Å². The molecular weight excluding hydrogens is 314 g/mol. The van der Waals surface area contributed by atoms with Crippen LogP contribution in [-0.2, 0) is 0 Å². The molecule has 0 radical (unpaired) electrons. The van der Waals surface area contributed by atoms with Gasteiger partial charge in [0, 0.05) is 35.0 Å². The number of fused-ring (bicyclic) bond motifs is 1. The van der Waals surface area contributed by atoms with Gasteiger partial charge in [-0.15, -0.1) is 0 Å². The zero-order valence-corrected chi connectivity index (χ0v) is 13.6. The second kappa shape index (κ2) is 6.77. The molecule has 5 heteroatoms. The van der Waals surface area contributed by atoms with Gasteiger partial charge in [-0.05, 0) is 31.7 Å². The fourth-order valence-corrected chi connectivity index (χ4v) is 3.64. The number of phenolic OH excluding ortho intramolecular Hbond substituents is 1. The van der Waals surface area contributed by atoms with Crippen LogP contribution < -0.4 is 0 Å². The third-order valence-corrected chi connectivity index (χ3v) is 4.84. The zero-order chi connectivity index (χ0) is 16.4. The number of halogens is 1. The van der Waals surface area contributed by atoms with Gasteiger partial charge in [0.15, 0.2) is 0 Å². The fraction of sp³-hybridized carbons (Fsp3) is 0.389. The van der Waals surface area contributed by atoms with Crippen LogP contribution in [0.1, 0.15) is 36.0 Å². The van der Waals surface area contributed by atoms with E-state index in [0.29, 0.717) is 23.4 Å². The van der Waals surface area contributed by atoms with Crippen molar-refractivity contribution in [3.8, 4) is 5.75 Å². The van der Waals surface area contributed by atoms with E-state index in [1.807, 2.05) is 18.2 Å². The highest BCUT2D eigenvalue weighted by atomic mass is 35.5. The maximum Gasteiger partial charge on any atom is 0.257 e. The van der Waals surface area contributed by atoms with Crippen molar-refractivity contribution in [3.63, 3.8) is 0 Å². The lowest BCUT2D eigenvalue weighted by Gasteiger charge is -2.25. The summed E-state index contributed by atoms with van der Waals surface area (Å²) in [5.74, 6) is -0.196. The Morgan fingerprint density at radius 1 is 1.30 bits per heavy atom. The number of carbonyl (C=O) groups is 1. The number of nitrogens with zero attached hydrogens (tertiary/aromatic N) is 1. The Morgan fingerprint density at radius 3 is 2.78 bits per heavy atom. The van der Waals surface area contributed by atoms with Crippen LogP contribution in [0.5, 0.6) is 5.75 Å². The molecule has 1 fully saturated rings. The summed E-state index contributed by atoms with van der Waals surface area (Å²) in [6.07, 6.45) is 3.35. The molecule has 0 aromatic heterocycles. The van der Waals surface area contributed by atoms with Crippen molar-refractivity contribution < 1.29 is 15.0 Å². The monoisotopic (exact) mass is 333 g/mol. The molecule has 23 heavy (non-hydrogen) atoms. The summed E-state index contributed by atoms with van der Waals surface area (Å²) in [5.41, 5.74) is 0.254. The van der Waals surface area contributed by atoms with Gasteiger partial charge < -0.3 is 15.1 Å². The topological polar surface area (TPSA) is 60.8 Å². The minimum absolute atomic E-state index is 0.0113. The van der Waals surface area contributed by atoms with Gasteiger partial charge in [0.1, 0.15) is 5.75 Å².